The fourth-order valence-corrected chi connectivity index (χ4v) is 3.57. The predicted molar refractivity (Wildman–Crippen MR) is 81.5 cm³/mol. The van der Waals surface area contributed by atoms with Crippen molar-refractivity contribution in [3.8, 4) is 0 Å². The molecule has 0 bridgehead atoms. The third-order valence-corrected chi connectivity index (χ3v) is 4.82. The topological polar surface area (TPSA) is 62.8 Å². The van der Waals surface area contributed by atoms with E-state index in [4.69, 9.17) is 9.72 Å². The number of aromatic amines is 1. The van der Waals surface area contributed by atoms with Crippen molar-refractivity contribution in [1.29, 1.82) is 0 Å². The average Bonchev–Trinajstić information content (AvgIpc) is 3.00. The molecule has 2 aromatic rings. The number of piperidine rings is 1. The number of aromatic nitrogens is 3. The van der Waals surface area contributed by atoms with Crippen molar-refractivity contribution in [1.82, 2.24) is 20.3 Å². The Morgan fingerprint density at radius 2 is 1.86 bits per heavy atom. The minimum Gasteiger partial charge on any atom is -0.381 e. The summed E-state index contributed by atoms with van der Waals surface area (Å²) in [6, 6.07) is 2.16. The van der Waals surface area contributed by atoms with Gasteiger partial charge in [-0.05, 0) is 56.3 Å². The normalized spacial score (nSPS) is 21.9. The molecule has 21 heavy (non-hydrogen) atoms. The molecule has 0 amide bonds. The molecule has 0 aliphatic carbocycles. The number of imidazole rings is 1. The summed E-state index contributed by atoms with van der Waals surface area (Å²) in [4.78, 5) is 12.9. The third kappa shape index (κ3) is 2.56. The number of pyridine rings is 1. The lowest BCUT2D eigenvalue weighted by molar-refractivity contribution is 0.0838. The Bertz CT molecular complexity index is 612. The molecule has 4 heterocycles. The molecule has 5 heteroatoms. The first-order valence-corrected chi connectivity index (χ1v) is 8.05. The van der Waals surface area contributed by atoms with Crippen LogP contribution in [-0.4, -0.2) is 41.3 Å². The molecule has 2 N–H and O–H groups in total. The van der Waals surface area contributed by atoms with E-state index in [1.54, 1.807) is 0 Å². The van der Waals surface area contributed by atoms with Crippen LogP contribution in [-0.2, 0) is 4.74 Å². The first-order valence-electron chi connectivity index (χ1n) is 8.05. The van der Waals surface area contributed by atoms with Crippen LogP contribution in [0.3, 0.4) is 0 Å². The summed E-state index contributed by atoms with van der Waals surface area (Å²) in [5.74, 6) is 2.21. The van der Waals surface area contributed by atoms with E-state index < -0.39 is 0 Å². The van der Waals surface area contributed by atoms with E-state index in [1.807, 2.05) is 6.20 Å². The second-order valence-corrected chi connectivity index (χ2v) is 6.13. The van der Waals surface area contributed by atoms with Crippen molar-refractivity contribution in [2.75, 3.05) is 26.3 Å². The summed E-state index contributed by atoms with van der Waals surface area (Å²) in [7, 11) is 0. The van der Waals surface area contributed by atoms with E-state index in [2.05, 4.69) is 21.4 Å². The van der Waals surface area contributed by atoms with Crippen molar-refractivity contribution in [3.05, 3.63) is 23.7 Å². The lowest BCUT2D eigenvalue weighted by Crippen LogP contribution is -2.26. The smallest absolute Gasteiger partial charge is 0.157 e. The zero-order chi connectivity index (χ0) is 14.1. The lowest BCUT2D eigenvalue weighted by Gasteiger charge is -2.23. The predicted octanol–water partition coefficient (Wildman–Crippen LogP) is 2.32. The van der Waals surface area contributed by atoms with Gasteiger partial charge in [0.25, 0.3) is 0 Å². The quantitative estimate of drug-likeness (QED) is 0.889. The van der Waals surface area contributed by atoms with Crippen LogP contribution >= 0.6 is 0 Å². The van der Waals surface area contributed by atoms with Gasteiger partial charge in [-0.2, -0.15) is 0 Å². The highest BCUT2D eigenvalue weighted by Crippen LogP contribution is 2.32. The molecule has 0 aromatic carbocycles. The summed E-state index contributed by atoms with van der Waals surface area (Å²) in [6.45, 7) is 3.89. The molecule has 5 nitrogen and oxygen atoms in total. The number of hydrogen-bond donors (Lipinski definition) is 2. The van der Waals surface area contributed by atoms with Gasteiger partial charge in [0.15, 0.2) is 5.65 Å². The highest BCUT2D eigenvalue weighted by atomic mass is 16.5. The molecule has 0 unspecified atom stereocenters. The van der Waals surface area contributed by atoms with Crippen LogP contribution in [0.4, 0.5) is 0 Å². The molecule has 0 saturated carbocycles. The standard InChI is InChI=1S/C16H22N4O/c1-6-17-7-2-11(1)13-3-8-18-16-14(13)19-15(20-16)12-4-9-21-10-5-12/h3,8,11-12,17H,1-2,4-7,9-10H2,(H,18,19,20). The highest BCUT2D eigenvalue weighted by molar-refractivity contribution is 5.75. The monoisotopic (exact) mass is 286 g/mol. The third-order valence-electron chi connectivity index (χ3n) is 4.82. The molecule has 4 rings (SSSR count). The Morgan fingerprint density at radius 1 is 1.05 bits per heavy atom. The van der Waals surface area contributed by atoms with Crippen LogP contribution in [0.5, 0.6) is 0 Å². The number of ether oxygens (including phenoxy) is 1. The minimum atomic E-state index is 0.494. The van der Waals surface area contributed by atoms with Gasteiger partial charge in [0.2, 0.25) is 0 Å². The zero-order valence-corrected chi connectivity index (χ0v) is 12.3. The molecule has 0 atom stereocenters. The van der Waals surface area contributed by atoms with Crippen LogP contribution in [0.1, 0.15) is 48.9 Å². The lowest BCUT2D eigenvalue weighted by atomic mass is 9.90. The van der Waals surface area contributed by atoms with Crippen LogP contribution in [0, 0.1) is 0 Å². The molecule has 2 fully saturated rings. The summed E-state index contributed by atoms with van der Waals surface area (Å²) < 4.78 is 5.45. The van der Waals surface area contributed by atoms with Crippen molar-refractivity contribution < 1.29 is 4.74 Å². The maximum absolute atomic E-state index is 5.45. The second-order valence-electron chi connectivity index (χ2n) is 6.13. The molecule has 2 saturated heterocycles. The van der Waals surface area contributed by atoms with Gasteiger partial charge in [-0.1, -0.05) is 0 Å². The van der Waals surface area contributed by atoms with Gasteiger partial charge in [0, 0.05) is 25.3 Å². The second kappa shape index (κ2) is 5.73. The van der Waals surface area contributed by atoms with Crippen LogP contribution < -0.4 is 5.32 Å². The largest absolute Gasteiger partial charge is 0.381 e. The maximum Gasteiger partial charge on any atom is 0.157 e. The van der Waals surface area contributed by atoms with Gasteiger partial charge in [-0.15, -0.1) is 0 Å². The molecule has 0 radical (unpaired) electrons. The van der Waals surface area contributed by atoms with Crippen molar-refractivity contribution in [2.45, 2.75) is 37.5 Å². The number of nitrogens with one attached hydrogen (secondary N) is 2. The van der Waals surface area contributed by atoms with Gasteiger partial charge in [-0.3, -0.25) is 0 Å². The van der Waals surface area contributed by atoms with Crippen molar-refractivity contribution >= 4 is 11.2 Å². The Balaban J connectivity index is 1.69. The summed E-state index contributed by atoms with van der Waals surface area (Å²) >= 11 is 0. The molecular formula is C16H22N4O. The summed E-state index contributed by atoms with van der Waals surface area (Å²) in [6.07, 6.45) is 6.42. The van der Waals surface area contributed by atoms with Gasteiger partial charge < -0.3 is 15.0 Å². The maximum atomic E-state index is 5.45. The van der Waals surface area contributed by atoms with Gasteiger partial charge in [-0.25, -0.2) is 9.97 Å². The molecule has 2 aliphatic rings. The van der Waals surface area contributed by atoms with Gasteiger partial charge in [0.1, 0.15) is 11.3 Å². The molecular weight excluding hydrogens is 264 g/mol. The number of nitrogens with zero attached hydrogens (tertiary/aromatic N) is 2. The van der Waals surface area contributed by atoms with Crippen LogP contribution in [0.25, 0.3) is 11.2 Å². The van der Waals surface area contributed by atoms with Crippen molar-refractivity contribution in [2.24, 2.45) is 0 Å². The number of hydrogen-bond acceptors (Lipinski definition) is 4. The van der Waals surface area contributed by atoms with E-state index >= 15 is 0 Å². The first-order chi connectivity index (χ1) is 10.4. The number of rotatable bonds is 2. The molecule has 0 spiro atoms. The van der Waals surface area contributed by atoms with E-state index in [-0.39, 0.29) is 0 Å². The Morgan fingerprint density at radius 3 is 2.67 bits per heavy atom. The van der Waals surface area contributed by atoms with E-state index in [1.165, 1.54) is 18.4 Å². The van der Waals surface area contributed by atoms with E-state index in [0.717, 1.165) is 56.1 Å². The Labute approximate surface area is 124 Å². The van der Waals surface area contributed by atoms with Gasteiger partial charge >= 0.3 is 0 Å². The summed E-state index contributed by atoms with van der Waals surface area (Å²) in [5, 5.41) is 3.43. The number of H-pyrrole nitrogens is 1. The van der Waals surface area contributed by atoms with Crippen LogP contribution in [0.2, 0.25) is 0 Å². The Hall–Kier alpha value is -1.46. The highest BCUT2D eigenvalue weighted by Gasteiger charge is 2.23. The minimum absolute atomic E-state index is 0.494. The Kier molecular flexibility index (Phi) is 3.61. The van der Waals surface area contributed by atoms with Crippen molar-refractivity contribution in [3.63, 3.8) is 0 Å². The zero-order valence-electron chi connectivity index (χ0n) is 12.3. The summed E-state index contributed by atoms with van der Waals surface area (Å²) in [5.41, 5.74) is 3.41. The fourth-order valence-electron chi connectivity index (χ4n) is 3.57. The van der Waals surface area contributed by atoms with E-state index in [9.17, 15) is 0 Å². The first kappa shape index (κ1) is 13.2. The van der Waals surface area contributed by atoms with Gasteiger partial charge in [0.05, 0.1) is 0 Å². The molecule has 2 aliphatic heterocycles. The molecule has 112 valence electrons. The van der Waals surface area contributed by atoms with E-state index in [0.29, 0.717) is 11.8 Å². The van der Waals surface area contributed by atoms with Crippen LogP contribution in [0.15, 0.2) is 12.3 Å². The average molecular weight is 286 g/mol. The fraction of sp³-hybridized carbons (Fsp3) is 0.625. The SMILES string of the molecule is c1cc(C2CCNCC2)c2nc(C3CCOCC3)[nH]c2n1. The number of fused-ring (bicyclic) bond motifs is 1. The molecule has 2 aromatic heterocycles.